The fourth-order valence-electron chi connectivity index (χ4n) is 3.99. The Hall–Kier alpha value is -3.15. The van der Waals surface area contributed by atoms with Crippen LogP contribution in [0, 0.1) is 5.92 Å². The van der Waals surface area contributed by atoms with Gasteiger partial charge in [0.05, 0.1) is 18.6 Å². The van der Waals surface area contributed by atoms with E-state index >= 15 is 0 Å². The molecule has 0 aliphatic carbocycles. The maximum atomic E-state index is 13.1. The van der Waals surface area contributed by atoms with Gasteiger partial charge in [0.25, 0.3) is 0 Å². The number of carbonyl (C=O) groups excluding carboxylic acids is 3. The minimum absolute atomic E-state index is 0.0164. The number of rotatable bonds is 4. The first-order valence-electron chi connectivity index (χ1n) is 9.41. The highest BCUT2D eigenvalue weighted by Crippen LogP contribution is 2.32. The number of amides is 2. The van der Waals surface area contributed by atoms with E-state index in [0.717, 1.165) is 16.8 Å². The summed E-state index contributed by atoms with van der Waals surface area (Å²) < 4.78 is 4.76. The topological polar surface area (TPSA) is 66.9 Å². The van der Waals surface area contributed by atoms with Crippen molar-refractivity contribution < 1.29 is 19.1 Å². The van der Waals surface area contributed by atoms with E-state index < -0.39 is 0 Å². The lowest BCUT2D eigenvalue weighted by molar-refractivity contribution is -0.128. The van der Waals surface area contributed by atoms with Crippen LogP contribution >= 0.6 is 0 Å². The Bertz CT molecular complexity index is 925. The molecule has 0 saturated carbocycles. The Morgan fingerprint density at radius 3 is 2.68 bits per heavy atom. The molecule has 6 nitrogen and oxygen atoms in total. The SMILES string of the molecule is COC(=O)c1ccc2c(c1)CCN2C(=O)C1CC(=O)N(Cc2ccccc2)C1. The third-order valence-electron chi connectivity index (χ3n) is 5.44. The molecule has 2 aromatic carbocycles. The third-order valence-corrected chi connectivity index (χ3v) is 5.44. The first kappa shape index (κ1) is 18.2. The van der Waals surface area contributed by atoms with Gasteiger partial charge in [-0.3, -0.25) is 9.59 Å². The van der Waals surface area contributed by atoms with E-state index in [4.69, 9.17) is 4.74 Å². The van der Waals surface area contributed by atoms with Gasteiger partial charge in [-0.05, 0) is 35.7 Å². The van der Waals surface area contributed by atoms with Gasteiger partial charge in [0, 0.05) is 31.7 Å². The van der Waals surface area contributed by atoms with Gasteiger partial charge >= 0.3 is 5.97 Å². The maximum Gasteiger partial charge on any atom is 0.337 e. The molecular formula is C22H22N2O4. The lowest BCUT2D eigenvalue weighted by Crippen LogP contribution is -2.36. The van der Waals surface area contributed by atoms with Crippen LogP contribution in [-0.4, -0.2) is 42.9 Å². The number of fused-ring (bicyclic) bond motifs is 1. The number of nitrogens with zero attached hydrogens (tertiary/aromatic N) is 2. The standard InChI is InChI=1S/C22H22N2O4/c1-28-22(27)17-7-8-19-16(11-17)9-10-24(19)21(26)18-12-20(25)23(14-18)13-15-5-3-2-4-6-15/h2-8,11,18H,9-10,12-14H2,1H3. The fourth-order valence-corrected chi connectivity index (χ4v) is 3.99. The molecule has 6 heteroatoms. The molecule has 1 unspecified atom stereocenters. The Kier molecular flexibility index (Phi) is 4.86. The Morgan fingerprint density at radius 1 is 1.14 bits per heavy atom. The highest BCUT2D eigenvalue weighted by molar-refractivity contribution is 6.01. The van der Waals surface area contributed by atoms with Gasteiger partial charge in [-0.2, -0.15) is 0 Å². The second-order valence-corrected chi connectivity index (χ2v) is 7.24. The van der Waals surface area contributed by atoms with Gasteiger partial charge in [0.1, 0.15) is 0 Å². The van der Waals surface area contributed by atoms with Crippen molar-refractivity contribution in [3.63, 3.8) is 0 Å². The molecule has 2 aliphatic heterocycles. The molecule has 0 spiro atoms. The molecule has 0 aromatic heterocycles. The zero-order chi connectivity index (χ0) is 19.7. The number of ether oxygens (including phenoxy) is 1. The number of benzene rings is 2. The fraction of sp³-hybridized carbons (Fsp3) is 0.318. The molecule has 1 saturated heterocycles. The summed E-state index contributed by atoms with van der Waals surface area (Å²) in [5.41, 5.74) is 3.33. The van der Waals surface area contributed by atoms with Crippen LogP contribution in [0.3, 0.4) is 0 Å². The largest absolute Gasteiger partial charge is 0.465 e. The van der Waals surface area contributed by atoms with Gasteiger partial charge in [0.15, 0.2) is 0 Å². The molecule has 2 amide bonds. The molecule has 0 radical (unpaired) electrons. The van der Waals surface area contributed by atoms with Crippen molar-refractivity contribution in [1.82, 2.24) is 4.90 Å². The van der Waals surface area contributed by atoms with Crippen LogP contribution in [0.1, 0.15) is 27.9 Å². The summed E-state index contributed by atoms with van der Waals surface area (Å²) in [6.45, 7) is 1.54. The number of hydrogen-bond acceptors (Lipinski definition) is 4. The summed E-state index contributed by atoms with van der Waals surface area (Å²) >= 11 is 0. The summed E-state index contributed by atoms with van der Waals surface area (Å²) in [6, 6.07) is 15.1. The molecule has 2 aliphatic rings. The Labute approximate surface area is 163 Å². The van der Waals surface area contributed by atoms with E-state index in [-0.39, 0.29) is 30.1 Å². The Morgan fingerprint density at radius 2 is 1.93 bits per heavy atom. The molecule has 0 bridgehead atoms. The van der Waals surface area contributed by atoms with Crippen LogP contribution in [0.4, 0.5) is 5.69 Å². The van der Waals surface area contributed by atoms with Crippen molar-refractivity contribution in [1.29, 1.82) is 0 Å². The van der Waals surface area contributed by atoms with E-state index in [1.54, 1.807) is 28.0 Å². The third kappa shape index (κ3) is 3.38. The number of likely N-dealkylation sites (tertiary alicyclic amines) is 1. The summed E-state index contributed by atoms with van der Waals surface area (Å²) in [5.74, 6) is -0.718. The van der Waals surface area contributed by atoms with E-state index in [1.165, 1.54) is 7.11 Å². The molecular weight excluding hydrogens is 356 g/mol. The van der Waals surface area contributed by atoms with Crippen molar-refractivity contribution in [3.05, 3.63) is 65.2 Å². The zero-order valence-electron chi connectivity index (χ0n) is 15.8. The van der Waals surface area contributed by atoms with Crippen molar-refractivity contribution in [3.8, 4) is 0 Å². The molecule has 144 valence electrons. The van der Waals surface area contributed by atoms with E-state index in [1.807, 2.05) is 30.3 Å². The summed E-state index contributed by atoms with van der Waals surface area (Å²) in [7, 11) is 1.35. The first-order chi connectivity index (χ1) is 13.6. The normalized spacial score (nSPS) is 18.3. The lowest BCUT2D eigenvalue weighted by Gasteiger charge is -2.22. The van der Waals surface area contributed by atoms with Crippen LogP contribution in [-0.2, 0) is 27.3 Å². The molecule has 0 N–H and O–H groups in total. The van der Waals surface area contributed by atoms with Gasteiger partial charge < -0.3 is 14.5 Å². The summed E-state index contributed by atoms with van der Waals surface area (Å²) in [5, 5.41) is 0. The average molecular weight is 378 g/mol. The van der Waals surface area contributed by atoms with Crippen LogP contribution in [0.15, 0.2) is 48.5 Å². The smallest absolute Gasteiger partial charge is 0.337 e. The number of hydrogen-bond donors (Lipinski definition) is 0. The van der Waals surface area contributed by atoms with Crippen molar-refractivity contribution in [2.75, 3.05) is 25.1 Å². The number of esters is 1. The molecule has 28 heavy (non-hydrogen) atoms. The second-order valence-electron chi connectivity index (χ2n) is 7.24. The first-order valence-corrected chi connectivity index (χ1v) is 9.41. The van der Waals surface area contributed by atoms with Crippen molar-refractivity contribution in [2.45, 2.75) is 19.4 Å². The number of methoxy groups -OCH3 is 1. The minimum Gasteiger partial charge on any atom is -0.465 e. The van der Waals surface area contributed by atoms with E-state index in [2.05, 4.69) is 0 Å². The summed E-state index contributed by atoms with van der Waals surface area (Å²) in [6.07, 6.45) is 0.943. The van der Waals surface area contributed by atoms with E-state index in [9.17, 15) is 14.4 Å². The van der Waals surface area contributed by atoms with Crippen LogP contribution in [0.2, 0.25) is 0 Å². The molecule has 2 heterocycles. The van der Waals surface area contributed by atoms with Gasteiger partial charge in [0.2, 0.25) is 11.8 Å². The quantitative estimate of drug-likeness (QED) is 0.767. The van der Waals surface area contributed by atoms with Crippen LogP contribution in [0.5, 0.6) is 0 Å². The maximum absolute atomic E-state index is 13.1. The molecule has 4 rings (SSSR count). The lowest BCUT2D eigenvalue weighted by atomic mass is 10.1. The number of anilines is 1. The van der Waals surface area contributed by atoms with Gasteiger partial charge in [-0.15, -0.1) is 0 Å². The monoisotopic (exact) mass is 378 g/mol. The highest BCUT2D eigenvalue weighted by Gasteiger charge is 2.38. The van der Waals surface area contributed by atoms with Gasteiger partial charge in [-0.25, -0.2) is 4.79 Å². The zero-order valence-corrected chi connectivity index (χ0v) is 15.8. The van der Waals surface area contributed by atoms with Crippen molar-refractivity contribution in [2.24, 2.45) is 5.92 Å². The number of carbonyl (C=O) groups is 3. The average Bonchev–Trinajstić information content (AvgIpc) is 3.31. The predicted molar refractivity (Wildman–Crippen MR) is 104 cm³/mol. The van der Waals surface area contributed by atoms with E-state index in [0.29, 0.717) is 31.6 Å². The van der Waals surface area contributed by atoms with Crippen molar-refractivity contribution >= 4 is 23.5 Å². The predicted octanol–water partition coefficient (Wildman–Crippen LogP) is 2.41. The highest BCUT2D eigenvalue weighted by atomic mass is 16.5. The minimum atomic E-state index is -0.384. The van der Waals surface area contributed by atoms with Gasteiger partial charge in [-0.1, -0.05) is 30.3 Å². The second kappa shape index (κ2) is 7.46. The molecule has 2 aromatic rings. The summed E-state index contributed by atoms with van der Waals surface area (Å²) in [4.78, 5) is 40.7. The Balaban J connectivity index is 1.46. The van der Waals surface area contributed by atoms with Crippen LogP contribution < -0.4 is 4.90 Å². The van der Waals surface area contributed by atoms with Crippen LogP contribution in [0.25, 0.3) is 0 Å². The molecule has 1 atom stereocenters. The molecule has 1 fully saturated rings.